The first-order valence-electron chi connectivity index (χ1n) is 5.13. The topological polar surface area (TPSA) is 37.8 Å². The van der Waals surface area contributed by atoms with E-state index >= 15 is 0 Å². The minimum Gasteiger partial charge on any atom is -0.371 e. The minimum absolute atomic E-state index is 0.296. The largest absolute Gasteiger partial charge is 0.371 e. The van der Waals surface area contributed by atoms with Gasteiger partial charge in [0.05, 0.1) is 10.9 Å². The highest BCUT2D eigenvalue weighted by molar-refractivity contribution is 8.06. The molecule has 6 heteroatoms. The van der Waals surface area contributed by atoms with Crippen LogP contribution in [0.15, 0.2) is 0 Å². The second kappa shape index (κ2) is 5.23. The van der Waals surface area contributed by atoms with Crippen molar-refractivity contribution in [3.8, 4) is 0 Å². The molecule has 0 spiro atoms. The maximum absolute atomic E-state index is 13.5. The first-order chi connectivity index (χ1) is 7.72. The van der Waals surface area contributed by atoms with Crippen LogP contribution in [0.1, 0.15) is 16.8 Å². The number of thioether (sulfide) groups is 2. The van der Waals surface area contributed by atoms with Gasteiger partial charge in [-0.1, -0.05) is 0 Å². The van der Waals surface area contributed by atoms with Crippen LogP contribution in [-0.4, -0.2) is 34.3 Å². The van der Waals surface area contributed by atoms with Crippen LogP contribution in [0.5, 0.6) is 0 Å². The monoisotopic (exact) mass is 259 g/mol. The molecule has 1 aliphatic heterocycles. The molecule has 0 radical (unpaired) electrons. The molecule has 2 heterocycles. The molecule has 0 bridgehead atoms. The third-order valence-corrected chi connectivity index (χ3v) is 5.13. The van der Waals surface area contributed by atoms with Crippen LogP contribution in [0, 0.1) is 12.7 Å². The normalized spacial score (nSPS) is 20.8. The Morgan fingerprint density at radius 3 is 2.81 bits per heavy atom. The van der Waals surface area contributed by atoms with E-state index in [0.717, 1.165) is 17.3 Å². The molecular weight excluding hydrogens is 245 g/mol. The van der Waals surface area contributed by atoms with Crippen LogP contribution in [0.3, 0.4) is 0 Å². The number of hydrogen-bond acceptors (Lipinski definition) is 5. The van der Waals surface area contributed by atoms with Crippen molar-refractivity contribution in [3.63, 3.8) is 0 Å². The first kappa shape index (κ1) is 12.0. The van der Waals surface area contributed by atoms with E-state index in [1.807, 2.05) is 23.5 Å². The van der Waals surface area contributed by atoms with E-state index in [-0.39, 0.29) is 5.82 Å². The first-order valence-corrected chi connectivity index (χ1v) is 7.34. The smallest absolute Gasteiger partial charge is 0.186 e. The second-order valence-electron chi connectivity index (χ2n) is 3.51. The summed E-state index contributed by atoms with van der Waals surface area (Å²) in [6.07, 6.45) is 0. The van der Waals surface area contributed by atoms with Gasteiger partial charge < -0.3 is 5.32 Å². The summed E-state index contributed by atoms with van der Waals surface area (Å²) in [5, 5.41) is 3.07. The van der Waals surface area contributed by atoms with Crippen LogP contribution in [-0.2, 0) is 0 Å². The van der Waals surface area contributed by atoms with Gasteiger partial charge in [0.1, 0.15) is 5.82 Å². The summed E-state index contributed by atoms with van der Waals surface area (Å²) in [6.45, 7) is 1.68. The predicted molar refractivity (Wildman–Crippen MR) is 68.8 cm³/mol. The zero-order chi connectivity index (χ0) is 11.5. The van der Waals surface area contributed by atoms with Crippen molar-refractivity contribution >= 4 is 29.3 Å². The Morgan fingerprint density at radius 1 is 1.38 bits per heavy atom. The summed E-state index contributed by atoms with van der Waals surface area (Å²) in [5.74, 6) is 4.02. The molecule has 0 saturated carbocycles. The number of rotatable bonds is 2. The quantitative estimate of drug-likeness (QED) is 0.883. The third-order valence-electron chi connectivity index (χ3n) is 2.37. The molecule has 88 valence electrons. The number of aryl methyl sites for hydroxylation is 1. The van der Waals surface area contributed by atoms with E-state index in [0.29, 0.717) is 16.8 Å². The second-order valence-corrected chi connectivity index (χ2v) is 5.97. The zero-order valence-corrected chi connectivity index (χ0v) is 10.9. The van der Waals surface area contributed by atoms with Crippen molar-refractivity contribution in [2.24, 2.45) is 0 Å². The van der Waals surface area contributed by atoms with Crippen LogP contribution in [0.25, 0.3) is 0 Å². The number of hydrogen-bond donors (Lipinski definition) is 1. The van der Waals surface area contributed by atoms with Gasteiger partial charge in [-0.15, -0.1) is 11.8 Å². The van der Waals surface area contributed by atoms with Gasteiger partial charge in [-0.2, -0.15) is 11.8 Å². The highest BCUT2D eigenvalue weighted by atomic mass is 32.2. The third kappa shape index (κ3) is 2.43. The lowest BCUT2D eigenvalue weighted by Gasteiger charge is -2.20. The van der Waals surface area contributed by atoms with E-state index < -0.39 is 0 Å². The average Bonchev–Trinajstić information content (AvgIpc) is 2.33. The fraction of sp³-hybridized carbons (Fsp3) is 0.600. The van der Waals surface area contributed by atoms with Crippen LogP contribution in [0.2, 0.25) is 0 Å². The van der Waals surface area contributed by atoms with Crippen molar-refractivity contribution < 1.29 is 4.39 Å². The van der Waals surface area contributed by atoms with Gasteiger partial charge in [0, 0.05) is 24.3 Å². The molecule has 2 rings (SSSR count). The molecule has 16 heavy (non-hydrogen) atoms. The Kier molecular flexibility index (Phi) is 3.91. The average molecular weight is 259 g/mol. The maximum Gasteiger partial charge on any atom is 0.186 e. The molecule has 0 aromatic carbocycles. The van der Waals surface area contributed by atoms with E-state index in [4.69, 9.17) is 0 Å². The van der Waals surface area contributed by atoms with Gasteiger partial charge in [0.2, 0.25) is 0 Å². The Labute approximate surface area is 103 Å². The molecular formula is C10H14FN3S2. The number of anilines is 1. The number of nitrogens with zero attached hydrogens (tertiary/aromatic N) is 2. The molecule has 1 N–H and O–H groups in total. The van der Waals surface area contributed by atoms with Gasteiger partial charge in [-0.25, -0.2) is 14.4 Å². The molecule has 3 nitrogen and oxygen atoms in total. The summed E-state index contributed by atoms with van der Waals surface area (Å²) < 4.78 is 13.5. The summed E-state index contributed by atoms with van der Waals surface area (Å²) >= 11 is 3.76. The lowest BCUT2D eigenvalue weighted by molar-refractivity contribution is 0.601. The molecule has 0 amide bonds. The Morgan fingerprint density at radius 2 is 2.19 bits per heavy atom. The van der Waals surface area contributed by atoms with Gasteiger partial charge in [-0.05, 0) is 6.92 Å². The van der Waals surface area contributed by atoms with Crippen LogP contribution < -0.4 is 5.32 Å². The molecule has 1 aliphatic rings. The molecule has 1 aromatic heterocycles. The van der Waals surface area contributed by atoms with E-state index in [1.165, 1.54) is 5.75 Å². The summed E-state index contributed by atoms with van der Waals surface area (Å²) in [7, 11) is 1.68. The van der Waals surface area contributed by atoms with Gasteiger partial charge in [0.25, 0.3) is 0 Å². The summed E-state index contributed by atoms with van der Waals surface area (Å²) in [4.78, 5) is 8.49. The molecule has 1 unspecified atom stereocenters. The van der Waals surface area contributed by atoms with Crippen LogP contribution in [0.4, 0.5) is 10.2 Å². The number of aromatic nitrogens is 2. The minimum atomic E-state index is -0.347. The fourth-order valence-electron chi connectivity index (χ4n) is 1.53. The van der Waals surface area contributed by atoms with Gasteiger partial charge in [0.15, 0.2) is 11.6 Å². The highest BCUT2D eigenvalue weighted by Crippen LogP contribution is 2.35. The molecule has 1 atom stereocenters. The Hall–Kier alpha value is -0.490. The van der Waals surface area contributed by atoms with E-state index in [2.05, 4.69) is 15.3 Å². The molecule has 1 aromatic rings. The molecule has 1 saturated heterocycles. The number of halogens is 1. The van der Waals surface area contributed by atoms with Crippen molar-refractivity contribution in [2.75, 3.05) is 29.6 Å². The SMILES string of the molecule is CNc1nc(C2CSCCS2)nc(C)c1F. The van der Waals surface area contributed by atoms with Gasteiger partial charge >= 0.3 is 0 Å². The number of nitrogens with one attached hydrogen (secondary N) is 1. The molecule has 1 fully saturated rings. The van der Waals surface area contributed by atoms with E-state index in [1.54, 1.807) is 14.0 Å². The van der Waals surface area contributed by atoms with Crippen molar-refractivity contribution in [1.29, 1.82) is 0 Å². The Bertz CT molecular complexity index is 381. The van der Waals surface area contributed by atoms with Gasteiger partial charge in [-0.3, -0.25) is 0 Å². The zero-order valence-electron chi connectivity index (χ0n) is 9.29. The lowest BCUT2D eigenvalue weighted by Crippen LogP contribution is -2.13. The fourth-order valence-corrected chi connectivity index (χ4v) is 4.13. The maximum atomic E-state index is 13.5. The lowest BCUT2D eigenvalue weighted by atomic mass is 10.3. The highest BCUT2D eigenvalue weighted by Gasteiger charge is 2.21. The summed E-state index contributed by atoms with van der Waals surface area (Å²) in [6, 6.07) is 0. The van der Waals surface area contributed by atoms with Crippen molar-refractivity contribution in [3.05, 3.63) is 17.3 Å². The predicted octanol–water partition coefficient (Wildman–Crippen LogP) is 2.49. The molecule has 0 aliphatic carbocycles. The van der Waals surface area contributed by atoms with Crippen molar-refractivity contribution in [1.82, 2.24) is 9.97 Å². The van der Waals surface area contributed by atoms with E-state index in [9.17, 15) is 4.39 Å². The van der Waals surface area contributed by atoms with Crippen molar-refractivity contribution in [2.45, 2.75) is 12.2 Å². The Balaban J connectivity index is 2.29. The van der Waals surface area contributed by atoms with Crippen LogP contribution >= 0.6 is 23.5 Å². The summed E-state index contributed by atoms with van der Waals surface area (Å²) in [5.41, 5.74) is 0.422. The standard InChI is InChI=1S/C10H14FN3S2/c1-6-8(11)10(12-2)14-9(13-6)7-5-15-3-4-16-7/h7H,3-5H2,1-2H3,(H,12,13,14).